The molecule has 0 aliphatic carbocycles. The molecule has 0 spiro atoms. The van der Waals surface area contributed by atoms with E-state index in [-0.39, 0.29) is 43.8 Å². The first-order valence-electron chi connectivity index (χ1n) is 13.2. The summed E-state index contributed by atoms with van der Waals surface area (Å²) in [6.45, 7) is 8.39. The molecule has 0 radical (unpaired) electrons. The molecule has 0 unspecified atom stereocenters. The van der Waals surface area contributed by atoms with E-state index in [1.54, 1.807) is 47.4 Å². The summed E-state index contributed by atoms with van der Waals surface area (Å²) in [7, 11) is -3.59. The van der Waals surface area contributed by atoms with Crippen molar-refractivity contribution in [2.45, 2.75) is 72.0 Å². The average Bonchev–Trinajstić information content (AvgIpc) is 2.88. The molecule has 0 aliphatic rings. The molecule has 0 fully saturated rings. The third-order valence-electron chi connectivity index (χ3n) is 6.31. The van der Waals surface area contributed by atoms with Crippen LogP contribution in [0.4, 0.5) is 5.69 Å². The van der Waals surface area contributed by atoms with Crippen LogP contribution in [0.5, 0.6) is 5.75 Å². The van der Waals surface area contributed by atoms with Gasteiger partial charge in [-0.3, -0.25) is 13.9 Å². The zero-order chi connectivity index (χ0) is 29.2. The Morgan fingerprint density at radius 2 is 1.67 bits per heavy atom. The van der Waals surface area contributed by atoms with Crippen LogP contribution in [-0.2, 0) is 26.2 Å². The molecule has 0 aliphatic heterocycles. The fraction of sp³-hybridized carbons (Fsp3) is 0.500. The van der Waals surface area contributed by atoms with Crippen molar-refractivity contribution in [1.29, 1.82) is 0 Å². The summed E-state index contributed by atoms with van der Waals surface area (Å²) in [6, 6.07) is 11.2. The van der Waals surface area contributed by atoms with Crippen LogP contribution in [0.25, 0.3) is 0 Å². The predicted molar refractivity (Wildman–Crippen MR) is 158 cm³/mol. The number of nitrogens with zero attached hydrogens (tertiary/aromatic N) is 2. The largest absolute Gasteiger partial charge is 0.494 e. The highest BCUT2D eigenvalue weighted by molar-refractivity contribution is 7.92. The Labute approximate surface area is 242 Å². The van der Waals surface area contributed by atoms with E-state index in [9.17, 15) is 18.0 Å². The predicted octanol–water partition coefficient (Wildman–Crippen LogP) is 5.66. The number of sulfonamides is 1. The average molecular weight is 601 g/mol. The standard InChI is InChI=1S/C28H39Cl2N3O5S/c1-6-20(4)31-28(35)26(7-2)32(19-21-11-16-24(29)25(30)18-21)27(34)10-9-17-33(39(5,36)37)22-12-14-23(15-13-22)38-8-3/h11-16,18,20,26H,6-10,17,19H2,1-5H3,(H,31,35)/t20-,26+/m0/s1. The van der Waals surface area contributed by atoms with Crippen molar-refractivity contribution in [1.82, 2.24) is 10.2 Å². The molecule has 2 aromatic carbocycles. The molecule has 0 saturated heterocycles. The molecule has 216 valence electrons. The monoisotopic (exact) mass is 599 g/mol. The summed E-state index contributed by atoms with van der Waals surface area (Å²) in [4.78, 5) is 28.2. The lowest BCUT2D eigenvalue weighted by atomic mass is 10.1. The first kappa shape index (κ1) is 32.7. The quantitative estimate of drug-likeness (QED) is 0.285. The van der Waals surface area contributed by atoms with E-state index in [1.165, 1.54) is 4.31 Å². The number of nitrogens with one attached hydrogen (secondary N) is 1. The van der Waals surface area contributed by atoms with Gasteiger partial charge in [0.15, 0.2) is 0 Å². The van der Waals surface area contributed by atoms with Crippen molar-refractivity contribution in [2.75, 3.05) is 23.7 Å². The molecule has 2 amide bonds. The maximum Gasteiger partial charge on any atom is 0.243 e. The first-order valence-corrected chi connectivity index (χ1v) is 15.8. The fourth-order valence-corrected chi connectivity index (χ4v) is 5.36. The van der Waals surface area contributed by atoms with Crippen molar-refractivity contribution in [3.63, 3.8) is 0 Å². The molecule has 11 heteroatoms. The van der Waals surface area contributed by atoms with Gasteiger partial charge in [-0.1, -0.05) is 43.1 Å². The van der Waals surface area contributed by atoms with Crippen LogP contribution in [0.3, 0.4) is 0 Å². The third-order valence-corrected chi connectivity index (χ3v) is 8.24. The minimum Gasteiger partial charge on any atom is -0.494 e. The Hall–Kier alpha value is -2.49. The van der Waals surface area contributed by atoms with Crippen LogP contribution in [0, 0.1) is 0 Å². The Morgan fingerprint density at radius 1 is 1.00 bits per heavy atom. The van der Waals surface area contributed by atoms with Gasteiger partial charge in [-0.15, -0.1) is 0 Å². The van der Waals surface area contributed by atoms with Gasteiger partial charge >= 0.3 is 0 Å². The van der Waals surface area contributed by atoms with E-state index >= 15 is 0 Å². The minimum atomic E-state index is -3.59. The Kier molecular flexibility index (Phi) is 12.9. The summed E-state index contributed by atoms with van der Waals surface area (Å²) in [5.41, 5.74) is 1.22. The number of rotatable bonds is 15. The third kappa shape index (κ3) is 9.89. The Balaban J connectivity index is 2.24. The molecule has 39 heavy (non-hydrogen) atoms. The molecule has 2 atom stereocenters. The van der Waals surface area contributed by atoms with Crippen LogP contribution in [0.1, 0.15) is 58.9 Å². The number of ether oxygens (including phenoxy) is 1. The van der Waals surface area contributed by atoms with E-state index in [1.807, 2.05) is 27.7 Å². The lowest BCUT2D eigenvalue weighted by Crippen LogP contribution is -2.50. The molecule has 0 bridgehead atoms. The van der Waals surface area contributed by atoms with Crippen LogP contribution < -0.4 is 14.4 Å². The van der Waals surface area contributed by atoms with Gasteiger partial charge in [0, 0.05) is 25.6 Å². The minimum absolute atomic E-state index is 0.0362. The zero-order valence-electron chi connectivity index (χ0n) is 23.2. The van der Waals surface area contributed by atoms with Gasteiger partial charge in [-0.2, -0.15) is 0 Å². The molecule has 0 heterocycles. The van der Waals surface area contributed by atoms with Gasteiger partial charge < -0.3 is 15.0 Å². The zero-order valence-corrected chi connectivity index (χ0v) is 25.6. The van der Waals surface area contributed by atoms with E-state index in [4.69, 9.17) is 27.9 Å². The van der Waals surface area contributed by atoms with Crippen molar-refractivity contribution >= 4 is 50.7 Å². The molecule has 2 rings (SSSR count). The summed E-state index contributed by atoms with van der Waals surface area (Å²) in [5, 5.41) is 3.73. The Morgan fingerprint density at radius 3 is 2.21 bits per heavy atom. The van der Waals surface area contributed by atoms with Crippen LogP contribution in [0.2, 0.25) is 10.0 Å². The first-order chi connectivity index (χ1) is 18.4. The number of carbonyl (C=O) groups is 2. The van der Waals surface area contributed by atoms with Crippen molar-refractivity contribution in [3.8, 4) is 5.75 Å². The summed E-state index contributed by atoms with van der Waals surface area (Å²) in [5.74, 6) is 0.156. The molecular weight excluding hydrogens is 561 g/mol. The van der Waals surface area contributed by atoms with Gasteiger partial charge in [0.2, 0.25) is 21.8 Å². The normalized spacial score (nSPS) is 12.9. The van der Waals surface area contributed by atoms with Gasteiger partial charge in [0.1, 0.15) is 11.8 Å². The maximum atomic E-state index is 13.5. The molecule has 1 N–H and O–H groups in total. The number of halogens is 2. The van der Waals surface area contributed by atoms with Gasteiger partial charge in [-0.05, 0) is 75.1 Å². The van der Waals surface area contributed by atoms with Crippen molar-refractivity contribution in [2.24, 2.45) is 0 Å². The molecule has 0 aromatic heterocycles. The number of amides is 2. The van der Waals surface area contributed by atoms with E-state index in [0.29, 0.717) is 34.5 Å². The molecule has 8 nitrogen and oxygen atoms in total. The second-order valence-corrected chi connectivity index (χ2v) is 12.1. The van der Waals surface area contributed by atoms with Crippen LogP contribution in [0.15, 0.2) is 42.5 Å². The second-order valence-electron chi connectivity index (χ2n) is 9.38. The van der Waals surface area contributed by atoms with Gasteiger partial charge in [0.05, 0.1) is 28.6 Å². The fourth-order valence-electron chi connectivity index (χ4n) is 4.07. The van der Waals surface area contributed by atoms with E-state index in [2.05, 4.69) is 5.32 Å². The smallest absolute Gasteiger partial charge is 0.243 e. The summed E-state index contributed by atoms with van der Waals surface area (Å²) < 4.78 is 31.8. The number of hydrogen-bond donors (Lipinski definition) is 1. The number of anilines is 1. The lowest BCUT2D eigenvalue weighted by Gasteiger charge is -2.32. The highest BCUT2D eigenvalue weighted by Crippen LogP contribution is 2.25. The molecular formula is C28H39Cl2N3O5S. The van der Waals surface area contributed by atoms with Crippen molar-refractivity contribution in [3.05, 3.63) is 58.1 Å². The summed E-state index contributed by atoms with van der Waals surface area (Å²) >= 11 is 12.3. The number of hydrogen-bond acceptors (Lipinski definition) is 5. The summed E-state index contributed by atoms with van der Waals surface area (Å²) in [6.07, 6.45) is 2.62. The van der Waals surface area contributed by atoms with Crippen LogP contribution in [-0.4, -0.2) is 56.6 Å². The number of benzene rings is 2. The van der Waals surface area contributed by atoms with E-state index in [0.717, 1.165) is 18.2 Å². The molecule has 2 aromatic rings. The maximum absolute atomic E-state index is 13.5. The van der Waals surface area contributed by atoms with Gasteiger partial charge in [0.25, 0.3) is 0 Å². The number of carbonyl (C=O) groups excluding carboxylic acids is 2. The second kappa shape index (κ2) is 15.3. The highest BCUT2D eigenvalue weighted by atomic mass is 35.5. The van der Waals surface area contributed by atoms with Crippen molar-refractivity contribution < 1.29 is 22.7 Å². The van der Waals surface area contributed by atoms with E-state index < -0.39 is 16.1 Å². The highest BCUT2D eigenvalue weighted by Gasteiger charge is 2.29. The molecule has 0 saturated carbocycles. The van der Waals surface area contributed by atoms with Gasteiger partial charge in [-0.25, -0.2) is 8.42 Å². The van der Waals surface area contributed by atoms with Crippen LogP contribution >= 0.6 is 23.2 Å². The topological polar surface area (TPSA) is 96.0 Å². The SMILES string of the molecule is CCOc1ccc(N(CCCC(=O)N(Cc2ccc(Cl)c(Cl)c2)[C@H](CC)C(=O)N[C@@H](C)CC)S(C)(=O)=O)cc1. The lowest BCUT2D eigenvalue weighted by molar-refractivity contribution is -0.141. The Bertz CT molecular complexity index is 1210.